The van der Waals surface area contributed by atoms with Crippen molar-refractivity contribution in [3.8, 4) is 0 Å². The van der Waals surface area contributed by atoms with Crippen molar-refractivity contribution in [3.05, 3.63) is 0 Å². The fraction of sp³-hybridized carbons (Fsp3) is 0.943. The Kier molecular flexibility index (Phi) is 44.7. The molecule has 0 amide bonds. The Bertz CT molecular complexity index is 900. The van der Waals surface area contributed by atoms with E-state index in [1.807, 2.05) is 0 Å². The number of ether oxygens (including phenoxy) is 3. The molecule has 0 fully saturated rings. The Morgan fingerprint density at radius 2 is 0.559 bits per heavy atom. The number of hydrogen-bond donors (Lipinski definition) is 0. The summed E-state index contributed by atoms with van der Waals surface area (Å²) < 4.78 is 16.8. The molecule has 1 atom stereocenters. The minimum absolute atomic E-state index is 0.0642. The first-order valence-electron chi connectivity index (χ1n) is 26.2. The zero-order valence-electron chi connectivity index (χ0n) is 40.4. The fourth-order valence-electron chi connectivity index (χ4n) is 7.99. The van der Waals surface area contributed by atoms with Crippen LogP contribution in [-0.4, -0.2) is 37.2 Å². The van der Waals surface area contributed by atoms with Gasteiger partial charge in [0.25, 0.3) is 0 Å². The highest BCUT2D eigenvalue weighted by atomic mass is 16.6. The van der Waals surface area contributed by atoms with Crippen molar-refractivity contribution >= 4 is 17.9 Å². The van der Waals surface area contributed by atoms with Gasteiger partial charge in [0.1, 0.15) is 13.2 Å². The molecule has 6 nitrogen and oxygen atoms in total. The van der Waals surface area contributed by atoms with Gasteiger partial charge < -0.3 is 14.2 Å². The maximum absolute atomic E-state index is 12.7. The molecule has 0 rings (SSSR count). The van der Waals surface area contributed by atoms with E-state index in [-0.39, 0.29) is 31.1 Å². The molecule has 0 N–H and O–H groups in total. The molecule has 0 aliphatic rings. The van der Waals surface area contributed by atoms with Crippen molar-refractivity contribution in [1.82, 2.24) is 0 Å². The SMILES string of the molecule is CCCCCCCCCCCCCCCCC(=O)OC[C@@H](COC(=O)CCCCCCCCCCCCCCCCC(C)C)OC(=O)CCCCCCCCCC(C)C. The van der Waals surface area contributed by atoms with Gasteiger partial charge in [-0.1, -0.05) is 253 Å². The maximum atomic E-state index is 12.7. The average Bonchev–Trinajstić information content (AvgIpc) is 3.20. The normalized spacial score (nSPS) is 12.1. The third-order valence-electron chi connectivity index (χ3n) is 12.0. The number of unbranched alkanes of at least 4 members (excludes halogenated alkanes) is 32. The summed E-state index contributed by atoms with van der Waals surface area (Å²) in [4.78, 5) is 37.9. The van der Waals surface area contributed by atoms with Gasteiger partial charge in [-0.2, -0.15) is 0 Å². The summed E-state index contributed by atoms with van der Waals surface area (Å²) >= 11 is 0. The van der Waals surface area contributed by atoms with Gasteiger partial charge in [-0.25, -0.2) is 0 Å². The topological polar surface area (TPSA) is 78.9 Å². The minimum atomic E-state index is -0.762. The van der Waals surface area contributed by atoms with Gasteiger partial charge in [0.2, 0.25) is 0 Å². The second-order valence-electron chi connectivity index (χ2n) is 19.1. The van der Waals surface area contributed by atoms with Crippen molar-refractivity contribution < 1.29 is 28.6 Å². The van der Waals surface area contributed by atoms with Crippen LogP contribution in [0.1, 0.15) is 291 Å². The molecule has 0 aromatic carbocycles. The lowest BCUT2D eigenvalue weighted by Crippen LogP contribution is -2.30. The highest BCUT2D eigenvalue weighted by Crippen LogP contribution is 2.17. The Morgan fingerprint density at radius 1 is 0.322 bits per heavy atom. The highest BCUT2D eigenvalue weighted by Gasteiger charge is 2.19. The Hall–Kier alpha value is -1.59. The molecule has 0 heterocycles. The minimum Gasteiger partial charge on any atom is -0.462 e. The lowest BCUT2D eigenvalue weighted by Gasteiger charge is -2.18. The quantitative estimate of drug-likeness (QED) is 0.0345. The van der Waals surface area contributed by atoms with Crippen LogP contribution >= 0.6 is 0 Å². The molecular weight excluding hydrogens is 733 g/mol. The molecule has 0 aromatic rings. The third-order valence-corrected chi connectivity index (χ3v) is 12.0. The Balaban J connectivity index is 4.25. The predicted molar refractivity (Wildman–Crippen MR) is 252 cm³/mol. The Morgan fingerprint density at radius 3 is 0.831 bits per heavy atom. The van der Waals surface area contributed by atoms with E-state index in [0.29, 0.717) is 19.3 Å². The molecule has 59 heavy (non-hydrogen) atoms. The van der Waals surface area contributed by atoms with Crippen LogP contribution in [0.2, 0.25) is 0 Å². The average molecular weight is 835 g/mol. The number of carbonyl (C=O) groups excluding carboxylic acids is 3. The fourth-order valence-corrected chi connectivity index (χ4v) is 7.99. The molecule has 0 saturated heterocycles. The van der Waals surface area contributed by atoms with Crippen LogP contribution in [0.5, 0.6) is 0 Å². The first kappa shape index (κ1) is 57.4. The van der Waals surface area contributed by atoms with Crippen LogP contribution in [0.15, 0.2) is 0 Å². The van der Waals surface area contributed by atoms with Crippen molar-refractivity contribution in [2.45, 2.75) is 298 Å². The van der Waals surface area contributed by atoms with E-state index >= 15 is 0 Å². The van der Waals surface area contributed by atoms with Crippen LogP contribution in [0, 0.1) is 11.8 Å². The summed E-state index contributed by atoms with van der Waals surface area (Å²) in [5.41, 5.74) is 0. The van der Waals surface area contributed by atoms with Crippen LogP contribution in [0.25, 0.3) is 0 Å². The van der Waals surface area contributed by atoms with E-state index in [0.717, 1.165) is 69.6 Å². The monoisotopic (exact) mass is 835 g/mol. The van der Waals surface area contributed by atoms with E-state index in [1.54, 1.807) is 0 Å². The molecule has 0 aromatic heterocycles. The summed E-state index contributed by atoms with van der Waals surface area (Å²) in [6.45, 7) is 11.3. The lowest BCUT2D eigenvalue weighted by molar-refractivity contribution is -0.167. The number of rotatable bonds is 47. The van der Waals surface area contributed by atoms with Gasteiger partial charge in [0.15, 0.2) is 6.10 Å². The number of esters is 3. The molecule has 350 valence electrons. The molecule has 0 saturated carbocycles. The summed E-state index contributed by atoms with van der Waals surface area (Å²) in [6, 6.07) is 0. The van der Waals surface area contributed by atoms with Gasteiger partial charge in [-0.05, 0) is 31.1 Å². The van der Waals surface area contributed by atoms with E-state index in [9.17, 15) is 14.4 Å². The molecular formula is C53H102O6. The molecule has 0 radical (unpaired) electrons. The van der Waals surface area contributed by atoms with Crippen LogP contribution in [0.4, 0.5) is 0 Å². The van der Waals surface area contributed by atoms with Crippen LogP contribution in [0.3, 0.4) is 0 Å². The first-order chi connectivity index (χ1) is 28.7. The van der Waals surface area contributed by atoms with E-state index in [4.69, 9.17) is 14.2 Å². The zero-order chi connectivity index (χ0) is 43.3. The van der Waals surface area contributed by atoms with Gasteiger partial charge in [0.05, 0.1) is 0 Å². The van der Waals surface area contributed by atoms with Crippen molar-refractivity contribution in [3.63, 3.8) is 0 Å². The summed E-state index contributed by atoms with van der Waals surface area (Å²) in [5.74, 6) is 0.773. The lowest BCUT2D eigenvalue weighted by atomic mass is 10.0. The van der Waals surface area contributed by atoms with Gasteiger partial charge in [-0.15, -0.1) is 0 Å². The predicted octanol–water partition coefficient (Wildman–Crippen LogP) is 16.9. The van der Waals surface area contributed by atoms with Crippen molar-refractivity contribution in [1.29, 1.82) is 0 Å². The van der Waals surface area contributed by atoms with Crippen molar-refractivity contribution in [2.24, 2.45) is 11.8 Å². The standard InChI is InChI=1S/C53H102O6/c1-6-7-8-9-10-11-12-13-17-20-23-28-33-38-43-51(54)57-46-50(59-53(56)45-40-35-30-25-27-32-37-42-49(4)5)47-58-52(55)44-39-34-29-24-21-18-15-14-16-19-22-26-31-36-41-48(2)3/h48-50H,6-47H2,1-5H3/t50-/m0/s1. The number of hydrogen-bond acceptors (Lipinski definition) is 6. The second-order valence-corrected chi connectivity index (χ2v) is 19.1. The van der Waals surface area contributed by atoms with Gasteiger partial charge >= 0.3 is 17.9 Å². The molecule has 0 unspecified atom stereocenters. The number of carbonyl (C=O) groups is 3. The summed E-state index contributed by atoms with van der Waals surface area (Å²) in [7, 11) is 0. The van der Waals surface area contributed by atoms with Gasteiger partial charge in [0, 0.05) is 19.3 Å². The molecule has 6 heteroatoms. The summed E-state index contributed by atoms with van der Waals surface area (Å²) in [5, 5.41) is 0. The molecule has 0 aliphatic heterocycles. The van der Waals surface area contributed by atoms with Crippen LogP contribution in [-0.2, 0) is 28.6 Å². The third kappa shape index (κ3) is 47.3. The summed E-state index contributed by atoms with van der Waals surface area (Å²) in [6.07, 6.45) is 46.7. The van der Waals surface area contributed by atoms with E-state index < -0.39 is 6.10 Å². The first-order valence-corrected chi connectivity index (χ1v) is 26.2. The molecule has 0 spiro atoms. The molecule has 0 bridgehead atoms. The Labute approximate surface area is 368 Å². The smallest absolute Gasteiger partial charge is 0.306 e. The van der Waals surface area contributed by atoms with E-state index in [2.05, 4.69) is 34.6 Å². The maximum Gasteiger partial charge on any atom is 0.306 e. The van der Waals surface area contributed by atoms with Crippen molar-refractivity contribution in [2.75, 3.05) is 13.2 Å². The van der Waals surface area contributed by atoms with Gasteiger partial charge in [-0.3, -0.25) is 14.4 Å². The molecule has 0 aliphatic carbocycles. The highest BCUT2D eigenvalue weighted by molar-refractivity contribution is 5.71. The van der Waals surface area contributed by atoms with E-state index in [1.165, 1.54) is 180 Å². The second kappa shape index (κ2) is 45.9. The largest absolute Gasteiger partial charge is 0.462 e. The zero-order valence-corrected chi connectivity index (χ0v) is 40.4. The van der Waals surface area contributed by atoms with Crippen LogP contribution < -0.4 is 0 Å².